The second kappa shape index (κ2) is 6.02. The molecule has 3 rings (SSSR count). The van der Waals surface area contributed by atoms with Crippen molar-refractivity contribution in [3.05, 3.63) is 74.3 Å². The van der Waals surface area contributed by atoms with Crippen molar-refractivity contribution < 1.29 is 9.90 Å². The minimum Gasteiger partial charge on any atom is -0.478 e. The van der Waals surface area contributed by atoms with Gasteiger partial charge in [-0.1, -0.05) is 29.3 Å². The van der Waals surface area contributed by atoms with Gasteiger partial charge in [-0.25, -0.2) is 9.78 Å². The van der Waals surface area contributed by atoms with E-state index >= 15 is 0 Å². The number of hydrogen-bond donors (Lipinski definition) is 1. The van der Waals surface area contributed by atoms with Crippen molar-refractivity contribution in [2.75, 3.05) is 0 Å². The van der Waals surface area contributed by atoms with Gasteiger partial charge in [0, 0.05) is 0 Å². The largest absolute Gasteiger partial charge is 0.478 e. The lowest BCUT2D eigenvalue weighted by Gasteiger charge is -2.08. The van der Waals surface area contributed by atoms with E-state index in [0.29, 0.717) is 27.5 Å². The minimum atomic E-state index is -1.06. The zero-order chi connectivity index (χ0) is 16.6. The second-order valence-electron chi connectivity index (χ2n) is 4.96. The third kappa shape index (κ3) is 3.06. The summed E-state index contributed by atoms with van der Waals surface area (Å²) in [6, 6.07) is 9.36. The van der Waals surface area contributed by atoms with Crippen molar-refractivity contribution in [3.8, 4) is 0 Å². The van der Waals surface area contributed by atoms with Crippen LogP contribution in [0.15, 0.2) is 47.5 Å². The monoisotopic (exact) mass is 348 g/mol. The molecule has 1 aromatic heterocycles. The van der Waals surface area contributed by atoms with Crippen molar-refractivity contribution in [2.24, 2.45) is 0 Å². The van der Waals surface area contributed by atoms with Gasteiger partial charge in [-0.05, 0) is 35.9 Å². The Morgan fingerprint density at radius 2 is 1.91 bits per heavy atom. The van der Waals surface area contributed by atoms with Crippen LogP contribution in [0.3, 0.4) is 0 Å². The Labute approximate surface area is 140 Å². The third-order valence-corrected chi connectivity index (χ3v) is 4.15. The molecule has 0 atom stereocenters. The first-order valence-electron chi connectivity index (χ1n) is 6.62. The smallest absolute Gasteiger partial charge is 0.335 e. The predicted octanol–water partition coefficient (Wildman–Crippen LogP) is 3.45. The highest BCUT2D eigenvalue weighted by atomic mass is 35.5. The van der Waals surface area contributed by atoms with Gasteiger partial charge in [0.25, 0.3) is 5.56 Å². The maximum Gasteiger partial charge on any atom is 0.335 e. The average Bonchev–Trinajstić information content (AvgIpc) is 2.53. The normalized spacial score (nSPS) is 10.9. The minimum absolute atomic E-state index is 0.0895. The fourth-order valence-electron chi connectivity index (χ4n) is 2.24. The van der Waals surface area contributed by atoms with E-state index in [1.54, 1.807) is 18.2 Å². The van der Waals surface area contributed by atoms with Crippen molar-refractivity contribution in [2.45, 2.75) is 6.54 Å². The molecule has 1 heterocycles. The number of rotatable bonds is 3. The highest BCUT2D eigenvalue weighted by molar-refractivity contribution is 6.42. The van der Waals surface area contributed by atoms with E-state index in [2.05, 4.69) is 4.98 Å². The molecule has 3 aromatic rings. The number of hydrogen-bond acceptors (Lipinski definition) is 3. The van der Waals surface area contributed by atoms with Crippen LogP contribution in [0.5, 0.6) is 0 Å². The first-order chi connectivity index (χ1) is 11.0. The van der Waals surface area contributed by atoms with Gasteiger partial charge in [0.15, 0.2) is 0 Å². The number of carboxylic acid groups (broad SMARTS) is 1. The quantitative estimate of drug-likeness (QED) is 0.786. The van der Waals surface area contributed by atoms with E-state index in [4.69, 9.17) is 28.3 Å². The number of carboxylic acids is 1. The number of carbonyl (C=O) groups is 1. The van der Waals surface area contributed by atoms with Gasteiger partial charge >= 0.3 is 5.97 Å². The lowest BCUT2D eigenvalue weighted by Crippen LogP contribution is -2.21. The Balaban J connectivity index is 2.03. The molecular formula is C16H10Cl2N2O3. The predicted molar refractivity (Wildman–Crippen MR) is 88.5 cm³/mol. The van der Waals surface area contributed by atoms with Crippen molar-refractivity contribution in [1.82, 2.24) is 9.55 Å². The van der Waals surface area contributed by atoms with Crippen molar-refractivity contribution >= 4 is 40.1 Å². The molecule has 7 heteroatoms. The van der Waals surface area contributed by atoms with Crippen LogP contribution < -0.4 is 5.56 Å². The van der Waals surface area contributed by atoms with Gasteiger partial charge in [-0.15, -0.1) is 0 Å². The number of halogens is 2. The average molecular weight is 349 g/mol. The van der Waals surface area contributed by atoms with E-state index in [1.807, 2.05) is 0 Å². The van der Waals surface area contributed by atoms with Crippen LogP contribution in [-0.4, -0.2) is 20.6 Å². The summed E-state index contributed by atoms with van der Waals surface area (Å²) in [6.45, 7) is 0.291. The number of benzene rings is 2. The molecule has 0 bridgehead atoms. The molecule has 0 fully saturated rings. The molecule has 0 amide bonds. The maximum atomic E-state index is 12.5. The van der Waals surface area contributed by atoms with Crippen LogP contribution in [0.2, 0.25) is 10.0 Å². The van der Waals surface area contributed by atoms with Gasteiger partial charge in [0.1, 0.15) is 0 Å². The van der Waals surface area contributed by atoms with Crippen LogP contribution in [0.1, 0.15) is 15.9 Å². The Kier molecular flexibility index (Phi) is 4.07. The Bertz CT molecular complexity index is 983. The molecule has 0 aliphatic rings. The van der Waals surface area contributed by atoms with Gasteiger partial charge < -0.3 is 5.11 Å². The highest BCUT2D eigenvalue weighted by Crippen LogP contribution is 2.22. The molecule has 5 nitrogen and oxygen atoms in total. The first-order valence-corrected chi connectivity index (χ1v) is 7.38. The summed E-state index contributed by atoms with van der Waals surface area (Å²) in [5.74, 6) is -1.06. The molecule has 2 aromatic carbocycles. The van der Waals surface area contributed by atoms with Gasteiger partial charge in [0.05, 0.1) is 39.4 Å². The standard InChI is InChI=1S/C16H10Cl2N2O3/c17-12-4-1-9(5-13(12)18)7-20-8-19-14-6-10(16(22)23)2-3-11(14)15(20)21/h1-6,8H,7H2,(H,22,23). The van der Waals surface area contributed by atoms with E-state index < -0.39 is 5.97 Å². The summed E-state index contributed by atoms with van der Waals surface area (Å²) >= 11 is 11.8. The summed E-state index contributed by atoms with van der Waals surface area (Å²) in [5.41, 5.74) is 0.995. The van der Waals surface area contributed by atoms with Gasteiger partial charge in [-0.2, -0.15) is 0 Å². The molecule has 1 N–H and O–H groups in total. The van der Waals surface area contributed by atoms with Crippen LogP contribution in [0.4, 0.5) is 0 Å². The zero-order valence-corrected chi connectivity index (χ0v) is 13.2. The SMILES string of the molecule is O=C(O)c1ccc2c(=O)n(Cc3ccc(Cl)c(Cl)c3)cnc2c1. The maximum absolute atomic E-state index is 12.5. The summed E-state index contributed by atoms with van der Waals surface area (Å²) in [7, 11) is 0. The number of nitrogens with zero attached hydrogens (tertiary/aromatic N) is 2. The molecule has 23 heavy (non-hydrogen) atoms. The van der Waals surface area contributed by atoms with Crippen molar-refractivity contribution in [3.63, 3.8) is 0 Å². The van der Waals surface area contributed by atoms with Crippen LogP contribution in [0, 0.1) is 0 Å². The lowest BCUT2D eigenvalue weighted by molar-refractivity contribution is 0.0697. The highest BCUT2D eigenvalue weighted by Gasteiger charge is 2.09. The molecule has 116 valence electrons. The molecule has 0 aliphatic carbocycles. The molecule has 0 saturated heterocycles. The number of fused-ring (bicyclic) bond motifs is 1. The number of aromatic nitrogens is 2. The fraction of sp³-hybridized carbons (Fsp3) is 0.0625. The van der Waals surface area contributed by atoms with E-state index in [9.17, 15) is 9.59 Å². The Morgan fingerprint density at radius 1 is 1.13 bits per heavy atom. The summed E-state index contributed by atoms with van der Waals surface area (Å²) in [6.07, 6.45) is 1.39. The van der Waals surface area contributed by atoms with Crippen LogP contribution >= 0.6 is 23.2 Å². The molecule has 0 radical (unpaired) electrons. The zero-order valence-electron chi connectivity index (χ0n) is 11.7. The summed E-state index contributed by atoms with van der Waals surface area (Å²) in [4.78, 5) is 27.6. The molecule has 0 unspecified atom stereocenters. The molecule has 0 saturated carbocycles. The van der Waals surface area contributed by atoms with E-state index in [0.717, 1.165) is 5.56 Å². The molecule has 0 spiro atoms. The first kappa shape index (κ1) is 15.5. The molecule has 0 aliphatic heterocycles. The van der Waals surface area contributed by atoms with Crippen molar-refractivity contribution in [1.29, 1.82) is 0 Å². The van der Waals surface area contributed by atoms with Gasteiger partial charge in [0.2, 0.25) is 0 Å². The molecular weight excluding hydrogens is 339 g/mol. The summed E-state index contributed by atoms with van der Waals surface area (Å²) < 4.78 is 1.43. The Hall–Kier alpha value is -2.37. The van der Waals surface area contributed by atoms with Crippen LogP contribution in [0.25, 0.3) is 10.9 Å². The fourth-order valence-corrected chi connectivity index (χ4v) is 2.56. The van der Waals surface area contributed by atoms with E-state index in [-0.39, 0.29) is 11.1 Å². The van der Waals surface area contributed by atoms with Gasteiger partial charge in [-0.3, -0.25) is 9.36 Å². The third-order valence-electron chi connectivity index (χ3n) is 3.41. The topological polar surface area (TPSA) is 72.2 Å². The summed E-state index contributed by atoms with van der Waals surface area (Å²) in [5, 5.41) is 10.2. The second-order valence-corrected chi connectivity index (χ2v) is 5.78. The number of aromatic carboxylic acids is 1. The van der Waals surface area contributed by atoms with Crippen LogP contribution in [-0.2, 0) is 6.54 Å². The van der Waals surface area contributed by atoms with E-state index in [1.165, 1.54) is 29.1 Å². The lowest BCUT2D eigenvalue weighted by atomic mass is 10.1. The Morgan fingerprint density at radius 3 is 2.61 bits per heavy atom.